The van der Waals surface area contributed by atoms with Gasteiger partial charge in [0.05, 0.1) is 5.92 Å². The summed E-state index contributed by atoms with van der Waals surface area (Å²) in [4.78, 5) is 14.0. The van der Waals surface area contributed by atoms with Crippen LogP contribution in [0.15, 0.2) is 24.3 Å². The molecule has 1 aliphatic heterocycles. The maximum Gasteiger partial charge on any atom is 0.225 e. The number of anilines is 1. The smallest absolute Gasteiger partial charge is 0.225 e. The van der Waals surface area contributed by atoms with Crippen molar-refractivity contribution in [2.45, 2.75) is 39.2 Å². The third-order valence-corrected chi connectivity index (χ3v) is 3.64. The molecule has 3 nitrogen and oxygen atoms in total. The Kier molecular flexibility index (Phi) is 3.60. The molecular formula is C15H22N2O. The molecule has 0 saturated carbocycles. The number of fused-ring (bicyclic) bond motifs is 1. The highest BCUT2D eigenvalue weighted by Gasteiger charge is 2.32. The van der Waals surface area contributed by atoms with Crippen LogP contribution in [0.25, 0.3) is 0 Å². The van der Waals surface area contributed by atoms with Gasteiger partial charge >= 0.3 is 0 Å². The van der Waals surface area contributed by atoms with E-state index >= 15 is 0 Å². The topological polar surface area (TPSA) is 46.3 Å². The minimum atomic E-state index is -0.210. The number of hydrogen-bond donors (Lipinski definition) is 1. The lowest BCUT2D eigenvalue weighted by Gasteiger charge is -2.41. The Morgan fingerprint density at radius 1 is 1.44 bits per heavy atom. The first-order valence-electron chi connectivity index (χ1n) is 6.65. The largest absolute Gasteiger partial charge is 0.369 e. The number of carbonyl (C=O) groups is 1. The van der Waals surface area contributed by atoms with Crippen molar-refractivity contribution in [3.05, 3.63) is 29.8 Å². The van der Waals surface area contributed by atoms with Crippen LogP contribution < -0.4 is 10.6 Å². The zero-order valence-electron chi connectivity index (χ0n) is 11.4. The highest BCUT2D eigenvalue weighted by molar-refractivity contribution is 5.85. The van der Waals surface area contributed by atoms with E-state index in [0.717, 1.165) is 18.5 Å². The summed E-state index contributed by atoms with van der Waals surface area (Å²) in [5.74, 6) is 0.253. The van der Waals surface area contributed by atoms with Gasteiger partial charge in [-0.05, 0) is 30.9 Å². The lowest BCUT2D eigenvalue weighted by atomic mass is 9.85. The molecule has 0 saturated heterocycles. The molecule has 1 aliphatic rings. The first-order chi connectivity index (χ1) is 8.50. The second-order valence-electron chi connectivity index (χ2n) is 5.64. The summed E-state index contributed by atoms with van der Waals surface area (Å²) in [7, 11) is 0. The molecule has 1 heterocycles. The minimum Gasteiger partial charge on any atom is -0.369 e. The standard InChI is InChI=1S/C15H22N2O/c1-10(2)9-17-11(3)8-13(15(16)18)12-6-4-5-7-14(12)17/h4-7,10-11,13H,8-9H2,1-3H3,(H2,16,18). The number of amides is 1. The van der Waals surface area contributed by atoms with Crippen LogP contribution in [-0.4, -0.2) is 18.5 Å². The zero-order valence-corrected chi connectivity index (χ0v) is 11.4. The Balaban J connectivity index is 2.41. The average molecular weight is 246 g/mol. The van der Waals surface area contributed by atoms with E-state index in [0.29, 0.717) is 12.0 Å². The van der Waals surface area contributed by atoms with Gasteiger partial charge in [0.15, 0.2) is 0 Å². The van der Waals surface area contributed by atoms with Crippen LogP contribution in [0.5, 0.6) is 0 Å². The van der Waals surface area contributed by atoms with Gasteiger partial charge in [0.25, 0.3) is 0 Å². The van der Waals surface area contributed by atoms with Crippen LogP contribution in [-0.2, 0) is 4.79 Å². The molecule has 1 amide bonds. The van der Waals surface area contributed by atoms with Gasteiger partial charge in [-0.25, -0.2) is 0 Å². The SMILES string of the molecule is CC(C)CN1c2ccccc2C(C(N)=O)CC1C. The van der Waals surface area contributed by atoms with Crippen molar-refractivity contribution in [2.24, 2.45) is 11.7 Å². The summed E-state index contributed by atoms with van der Waals surface area (Å²) in [5, 5.41) is 0. The number of hydrogen-bond acceptors (Lipinski definition) is 2. The van der Waals surface area contributed by atoms with Crippen LogP contribution in [0.4, 0.5) is 5.69 Å². The molecule has 2 N–H and O–H groups in total. The molecule has 1 aromatic rings. The number of nitrogens with two attached hydrogens (primary N) is 1. The van der Waals surface area contributed by atoms with Crippen molar-refractivity contribution in [1.82, 2.24) is 0 Å². The third-order valence-electron chi connectivity index (χ3n) is 3.64. The van der Waals surface area contributed by atoms with Crippen molar-refractivity contribution in [3.63, 3.8) is 0 Å². The number of para-hydroxylation sites is 1. The van der Waals surface area contributed by atoms with Gasteiger partial charge in [-0.15, -0.1) is 0 Å². The molecule has 2 atom stereocenters. The van der Waals surface area contributed by atoms with Crippen molar-refractivity contribution in [2.75, 3.05) is 11.4 Å². The van der Waals surface area contributed by atoms with Crippen molar-refractivity contribution in [1.29, 1.82) is 0 Å². The van der Waals surface area contributed by atoms with E-state index in [2.05, 4.69) is 31.7 Å². The molecule has 0 bridgehead atoms. The van der Waals surface area contributed by atoms with Gasteiger partial charge in [-0.2, -0.15) is 0 Å². The van der Waals surface area contributed by atoms with Gasteiger partial charge in [0, 0.05) is 18.3 Å². The van der Waals surface area contributed by atoms with Gasteiger partial charge in [-0.3, -0.25) is 4.79 Å². The first-order valence-corrected chi connectivity index (χ1v) is 6.65. The quantitative estimate of drug-likeness (QED) is 0.890. The normalized spacial score (nSPS) is 23.0. The Morgan fingerprint density at radius 3 is 2.72 bits per heavy atom. The molecule has 0 spiro atoms. The van der Waals surface area contributed by atoms with Gasteiger partial charge < -0.3 is 10.6 Å². The van der Waals surface area contributed by atoms with E-state index < -0.39 is 0 Å². The Hall–Kier alpha value is -1.51. The van der Waals surface area contributed by atoms with Gasteiger partial charge in [-0.1, -0.05) is 32.0 Å². The first kappa shape index (κ1) is 12.9. The fourth-order valence-corrected chi connectivity index (χ4v) is 2.82. The zero-order chi connectivity index (χ0) is 13.3. The van der Waals surface area contributed by atoms with Crippen LogP contribution in [0.1, 0.15) is 38.7 Å². The Bertz CT molecular complexity index is 442. The molecule has 98 valence electrons. The summed E-state index contributed by atoms with van der Waals surface area (Å²) in [5.41, 5.74) is 7.80. The lowest BCUT2D eigenvalue weighted by Crippen LogP contribution is -2.43. The van der Waals surface area contributed by atoms with Crippen LogP contribution in [0.3, 0.4) is 0 Å². The third kappa shape index (κ3) is 2.35. The lowest BCUT2D eigenvalue weighted by molar-refractivity contribution is -0.119. The molecular weight excluding hydrogens is 224 g/mol. The molecule has 2 unspecified atom stereocenters. The highest BCUT2D eigenvalue weighted by Crippen LogP contribution is 2.38. The number of nitrogens with zero attached hydrogens (tertiary/aromatic N) is 1. The fourth-order valence-electron chi connectivity index (χ4n) is 2.82. The van der Waals surface area contributed by atoms with E-state index in [4.69, 9.17) is 5.73 Å². The monoisotopic (exact) mass is 246 g/mol. The van der Waals surface area contributed by atoms with Crippen LogP contribution >= 0.6 is 0 Å². The maximum atomic E-state index is 11.6. The van der Waals surface area contributed by atoms with Crippen LogP contribution in [0, 0.1) is 5.92 Å². The summed E-state index contributed by atoms with van der Waals surface area (Å²) >= 11 is 0. The number of benzene rings is 1. The summed E-state index contributed by atoms with van der Waals surface area (Å²) in [6.07, 6.45) is 0.819. The fraction of sp³-hybridized carbons (Fsp3) is 0.533. The van der Waals surface area contributed by atoms with E-state index in [9.17, 15) is 4.79 Å². The van der Waals surface area contributed by atoms with E-state index in [1.54, 1.807) is 0 Å². The summed E-state index contributed by atoms with van der Waals surface area (Å²) < 4.78 is 0. The Morgan fingerprint density at radius 2 is 2.11 bits per heavy atom. The molecule has 1 aromatic carbocycles. The average Bonchev–Trinajstić information content (AvgIpc) is 2.31. The van der Waals surface area contributed by atoms with Crippen molar-refractivity contribution >= 4 is 11.6 Å². The maximum absolute atomic E-state index is 11.6. The van der Waals surface area contributed by atoms with Gasteiger partial charge in [0.2, 0.25) is 5.91 Å². The predicted molar refractivity (Wildman–Crippen MR) is 74.6 cm³/mol. The molecule has 18 heavy (non-hydrogen) atoms. The van der Waals surface area contributed by atoms with E-state index in [1.807, 2.05) is 18.2 Å². The summed E-state index contributed by atoms with van der Waals surface area (Å²) in [6.45, 7) is 7.63. The minimum absolute atomic E-state index is 0.139. The molecule has 0 radical (unpaired) electrons. The molecule has 0 aromatic heterocycles. The number of rotatable bonds is 3. The van der Waals surface area contributed by atoms with Gasteiger partial charge in [0.1, 0.15) is 0 Å². The predicted octanol–water partition coefficient (Wildman–Crippen LogP) is 2.51. The molecule has 0 fully saturated rings. The van der Waals surface area contributed by atoms with Crippen molar-refractivity contribution < 1.29 is 4.79 Å². The highest BCUT2D eigenvalue weighted by atomic mass is 16.1. The van der Waals surface area contributed by atoms with Crippen LogP contribution in [0.2, 0.25) is 0 Å². The van der Waals surface area contributed by atoms with E-state index in [1.165, 1.54) is 5.69 Å². The summed E-state index contributed by atoms with van der Waals surface area (Å²) in [6, 6.07) is 8.51. The second kappa shape index (κ2) is 5.01. The number of primary amides is 1. The van der Waals surface area contributed by atoms with E-state index in [-0.39, 0.29) is 11.8 Å². The molecule has 2 rings (SSSR count). The molecule has 3 heteroatoms. The second-order valence-corrected chi connectivity index (χ2v) is 5.64. The Labute approximate surface area is 109 Å². The van der Waals surface area contributed by atoms with Crippen molar-refractivity contribution in [3.8, 4) is 0 Å². The number of carbonyl (C=O) groups excluding carboxylic acids is 1. The molecule has 0 aliphatic carbocycles.